The molecule has 3 N–H and O–H groups in total. The molecule has 3 rings (SSSR count). The maximum absolute atomic E-state index is 14.1. The van der Waals surface area contributed by atoms with Crippen LogP contribution in [0.15, 0.2) is 29.4 Å². The van der Waals surface area contributed by atoms with Crippen LogP contribution >= 0.6 is 11.8 Å². The number of nitrogens with one attached hydrogen (secondary N) is 2. The molecule has 1 aromatic heterocycles. The number of hydrogen-bond acceptors (Lipinski definition) is 8. The minimum absolute atomic E-state index is 0.00320. The maximum Gasteiger partial charge on any atom is 0.344 e. The molecule has 2 aromatic rings. The van der Waals surface area contributed by atoms with E-state index < -0.39 is 33.9 Å². The summed E-state index contributed by atoms with van der Waals surface area (Å²) in [6.07, 6.45) is -0.474. The summed E-state index contributed by atoms with van der Waals surface area (Å²) in [5, 5.41) is 12.7. The first-order chi connectivity index (χ1) is 17.0. The van der Waals surface area contributed by atoms with E-state index in [0.717, 1.165) is 17.8 Å². The van der Waals surface area contributed by atoms with Crippen LogP contribution in [-0.4, -0.2) is 65.0 Å². The molecular formula is C22H29F2N5O5S2. The number of piperazine rings is 1. The first-order valence-electron chi connectivity index (χ1n) is 11.4. The third kappa shape index (κ3) is 7.48. The number of carboxylic acid groups (broad SMARTS) is 1. The average Bonchev–Trinajstić information content (AvgIpc) is 2.78. The van der Waals surface area contributed by atoms with Gasteiger partial charge in [0.15, 0.2) is 22.9 Å². The molecule has 0 unspecified atom stereocenters. The molecule has 2 heterocycles. The van der Waals surface area contributed by atoms with Gasteiger partial charge in [0.2, 0.25) is 5.88 Å². The minimum atomic E-state index is -4.01. The number of halogens is 2. The molecule has 198 valence electrons. The normalized spacial score (nSPS) is 19.6. The van der Waals surface area contributed by atoms with Crippen molar-refractivity contribution in [2.24, 2.45) is 0 Å². The predicted octanol–water partition coefficient (Wildman–Crippen LogP) is 3.02. The summed E-state index contributed by atoms with van der Waals surface area (Å²) in [4.78, 5) is 19.9. The molecule has 1 fully saturated rings. The van der Waals surface area contributed by atoms with Crippen LogP contribution in [0.4, 0.5) is 14.6 Å². The lowest BCUT2D eigenvalue weighted by Gasteiger charge is -2.35. The zero-order valence-electron chi connectivity index (χ0n) is 20.1. The second-order valence-corrected chi connectivity index (χ2v) is 11.1. The Morgan fingerprint density at radius 1 is 1.31 bits per heavy atom. The van der Waals surface area contributed by atoms with E-state index in [1.165, 1.54) is 22.5 Å². The van der Waals surface area contributed by atoms with Crippen LogP contribution in [0, 0.1) is 11.6 Å². The summed E-state index contributed by atoms with van der Waals surface area (Å²) in [5.41, 5.74) is 0.0650. The molecule has 0 saturated carbocycles. The Bertz CT molecular complexity index is 1180. The lowest BCUT2D eigenvalue weighted by molar-refractivity contribution is -0.145. The van der Waals surface area contributed by atoms with E-state index in [0.29, 0.717) is 6.42 Å². The molecular weight excluding hydrogens is 516 g/mol. The summed E-state index contributed by atoms with van der Waals surface area (Å²) in [6.45, 7) is 6.02. The van der Waals surface area contributed by atoms with Gasteiger partial charge in [-0.15, -0.1) is 0 Å². The van der Waals surface area contributed by atoms with Gasteiger partial charge >= 0.3 is 16.2 Å². The zero-order chi connectivity index (χ0) is 26.5. The van der Waals surface area contributed by atoms with Crippen LogP contribution in [0.5, 0.6) is 5.88 Å². The Hall–Kier alpha value is -2.55. The Morgan fingerprint density at radius 3 is 2.64 bits per heavy atom. The maximum atomic E-state index is 14.1. The molecule has 10 nitrogen and oxygen atoms in total. The van der Waals surface area contributed by atoms with Gasteiger partial charge in [0.25, 0.3) is 0 Å². The third-order valence-corrected chi connectivity index (χ3v) is 7.60. The van der Waals surface area contributed by atoms with Gasteiger partial charge < -0.3 is 15.2 Å². The van der Waals surface area contributed by atoms with E-state index in [1.54, 1.807) is 6.92 Å². The molecule has 36 heavy (non-hydrogen) atoms. The summed E-state index contributed by atoms with van der Waals surface area (Å²) < 4.78 is 63.0. The predicted molar refractivity (Wildman–Crippen MR) is 131 cm³/mol. The van der Waals surface area contributed by atoms with E-state index in [-0.39, 0.29) is 59.8 Å². The van der Waals surface area contributed by atoms with Gasteiger partial charge in [-0.05, 0) is 26.3 Å². The van der Waals surface area contributed by atoms with Crippen molar-refractivity contribution >= 4 is 33.8 Å². The highest BCUT2D eigenvalue weighted by Gasteiger charge is 2.31. The number of aromatic nitrogens is 2. The average molecular weight is 546 g/mol. The minimum Gasteiger partial charge on any atom is -0.479 e. The highest BCUT2D eigenvalue weighted by molar-refractivity contribution is 7.98. The molecule has 0 radical (unpaired) electrons. The highest BCUT2D eigenvalue weighted by atomic mass is 32.2. The fraction of sp³-hybridized carbons (Fsp3) is 0.500. The van der Waals surface area contributed by atoms with E-state index in [4.69, 9.17) is 4.74 Å². The Balaban J connectivity index is 1.89. The summed E-state index contributed by atoms with van der Waals surface area (Å²) >= 11 is 0.921. The Kier molecular flexibility index (Phi) is 9.44. The number of hydrogen-bond donors (Lipinski definition) is 3. The van der Waals surface area contributed by atoms with Crippen molar-refractivity contribution in [1.82, 2.24) is 19.6 Å². The molecule has 0 spiro atoms. The van der Waals surface area contributed by atoms with Gasteiger partial charge in [-0.1, -0.05) is 37.2 Å². The second kappa shape index (κ2) is 12.1. The summed E-state index contributed by atoms with van der Waals surface area (Å²) in [7, 11) is -4.01. The number of thioether (sulfide) groups is 1. The smallest absolute Gasteiger partial charge is 0.344 e. The van der Waals surface area contributed by atoms with Crippen LogP contribution < -0.4 is 14.8 Å². The van der Waals surface area contributed by atoms with Crippen LogP contribution in [0.1, 0.15) is 39.2 Å². The van der Waals surface area contributed by atoms with Crippen molar-refractivity contribution in [3.05, 3.63) is 41.5 Å². The molecule has 1 aliphatic heterocycles. The van der Waals surface area contributed by atoms with E-state index in [2.05, 4.69) is 20.0 Å². The molecule has 14 heteroatoms. The molecule has 0 aliphatic carbocycles. The van der Waals surface area contributed by atoms with Gasteiger partial charge in [-0.2, -0.15) is 17.7 Å². The lowest BCUT2D eigenvalue weighted by Crippen LogP contribution is -2.56. The van der Waals surface area contributed by atoms with Crippen LogP contribution in [-0.2, 0) is 20.8 Å². The third-order valence-electron chi connectivity index (χ3n) is 5.26. The number of benzene rings is 1. The van der Waals surface area contributed by atoms with Gasteiger partial charge in [-0.3, -0.25) is 4.72 Å². The van der Waals surface area contributed by atoms with Crippen molar-refractivity contribution in [2.45, 2.75) is 62.7 Å². The van der Waals surface area contributed by atoms with Crippen molar-refractivity contribution in [3.8, 4) is 5.88 Å². The Labute approximate surface area is 213 Å². The van der Waals surface area contributed by atoms with Crippen molar-refractivity contribution in [1.29, 1.82) is 0 Å². The monoisotopic (exact) mass is 545 g/mol. The summed E-state index contributed by atoms with van der Waals surface area (Å²) in [5.74, 6) is -3.55. The number of ether oxygens (including phenoxy) is 1. The van der Waals surface area contributed by atoms with Crippen LogP contribution in [0.3, 0.4) is 0 Å². The molecule has 3 atom stereocenters. The molecule has 1 aromatic carbocycles. The topological polar surface area (TPSA) is 134 Å². The second-order valence-electron chi connectivity index (χ2n) is 8.50. The lowest BCUT2D eigenvalue weighted by atomic mass is 10.2. The Morgan fingerprint density at radius 2 is 2.00 bits per heavy atom. The standard InChI is InChI=1S/C22H29F2N5O5S2/c1-4-6-17(21(30)31)34-19-9-18(28-36(32,33)29-10-13(2)25-14(3)11-29)26-22(27-19)35-12-15-7-5-8-16(23)20(15)24/h5,7-9,13-14,17,25H,4,6,10-12H2,1-3H3,(H,30,31)(H,26,27,28)/t13-,14+,17-/m1/s1. The first kappa shape index (κ1) is 28.0. The van der Waals surface area contributed by atoms with Gasteiger partial charge in [0.1, 0.15) is 5.82 Å². The zero-order valence-corrected chi connectivity index (χ0v) is 21.7. The SMILES string of the molecule is CCC[C@@H](Oc1cc(NS(=O)(=O)N2C[C@@H](C)N[C@@H](C)C2)nc(SCc2cccc(F)c2F)n1)C(=O)O. The fourth-order valence-corrected chi connectivity index (χ4v) is 5.86. The van der Waals surface area contributed by atoms with E-state index in [1.807, 2.05) is 13.8 Å². The number of rotatable bonds is 11. The van der Waals surface area contributed by atoms with Gasteiger partial charge in [0.05, 0.1) is 0 Å². The van der Waals surface area contributed by atoms with Crippen LogP contribution in [0.25, 0.3) is 0 Å². The quantitative estimate of drug-likeness (QED) is 0.288. The molecule has 0 amide bonds. The number of nitrogens with zero attached hydrogens (tertiary/aromatic N) is 3. The van der Waals surface area contributed by atoms with Crippen molar-refractivity contribution in [3.63, 3.8) is 0 Å². The molecule has 0 bridgehead atoms. The summed E-state index contributed by atoms with van der Waals surface area (Å²) in [6, 6.07) is 4.85. The van der Waals surface area contributed by atoms with Crippen LogP contribution in [0.2, 0.25) is 0 Å². The number of carbonyl (C=O) groups is 1. The van der Waals surface area contributed by atoms with E-state index >= 15 is 0 Å². The number of aliphatic carboxylic acids is 1. The van der Waals surface area contributed by atoms with E-state index in [9.17, 15) is 27.1 Å². The molecule has 1 aliphatic rings. The van der Waals surface area contributed by atoms with Gasteiger partial charge in [0, 0.05) is 42.6 Å². The van der Waals surface area contributed by atoms with Crippen molar-refractivity contribution < 1.29 is 31.8 Å². The first-order valence-corrected chi connectivity index (χ1v) is 13.8. The number of anilines is 1. The fourth-order valence-electron chi connectivity index (χ4n) is 3.69. The van der Waals surface area contributed by atoms with Crippen molar-refractivity contribution in [2.75, 3.05) is 17.8 Å². The highest BCUT2D eigenvalue weighted by Crippen LogP contribution is 2.27. The van der Waals surface area contributed by atoms with Gasteiger partial charge in [-0.25, -0.2) is 18.6 Å². The largest absolute Gasteiger partial charge is 0.479 e. The number of carboxylic acids is 1. The molecule has 1 saturated heterocycles.